The molecule has 4 heterocycles. The fourth-order valence-corrected chi connectivity index (χ4v) is 4.37. The molecule has 2 aromatic rings. The largest absolute Gasteiger partial charge is 0.365 e. The Morgan fingerprint density at radius 3 is 3.00 bits per heavy atom. The molecule has 1 fully saturated rings. The van der Waals surface area contributed by atoms with E-state index in [0.717, 1.165) is 30.6 Å². The molecule has 0 saturated carbocycles. The number of hydrogen-bond donors (Lipinski definition) is 1. The van der Waals surface area contributed by atoms with E-state index in [9.17, 15) is 9.59 Å². The van der Waals surface area contributed by atoms with Crippen LogP contribution in [-0.4, -0.2) is 69.5 Å². The zero-order chi connectivity index (χ0) is 19.7. The smallest absolute Gasteiger partial charge is 0.317 e. The standard InChI is InChI=1S/C18H24N6O3S/c1-22(2)17(26)19-8-14-15-9-27-18(12-24(15)21-20-14)5-3-6-23(11-18)16(25)13-4-7-28-10-13/h4,7,10H,3,5-6,8-9,11-12H2,1-2H3,(H,19,26). The van der Waals surface area contributed by atoms with Crippen LogP contribution in [0.25, 0.3) is 0 Å². The van der Waals surface area contributed by atoms with Crippen LogP contribution < -0.4 is 5.32 Å². The molecule has 0 aromatic carbocycles. The number of carbonyl (C=O) groups is 2. The molecule has 2 aliphatic rings. The average Bonchev–Trinajstić information content (AvgIpc) is 3.35. The van der Waals surface area contributed by atoms with Gasteiger partial charge in [0.05, 0.1) is 37.5 Å². The van der Waals surface area contributed by atoms with Crippen LogP contribution in [0.15, 0.2) is 16.8 Å². The van der Waals surface area contributed by atoms with Crippen LogP contribution in [0.5, 0.6) is 0 Å². The molecule has 1 spiro atoms. The van der Waals surface area contributed by atoms with Crippen LogP contribution in [0.1, 0.15) is 34.6 Å². The van der Waals surface area contributed by atoms with E-state index >= 15 is 0 Å². The number of thiophene rings is 1. The number of nitrogens with one attached hydrogen (secondary N) is 1. The van der Waals surface area contributed by atoms with Gasteiger partial charge in [0.15, 0.2) is 0 Å². The quantitative estimate of drug-likeness (QED) is 0.833. The highest BCUT2D eigenvalue weighted by Gasteiger charge is 2.42. The minimum Gasteiger partial charge on any atom is -0.365 e. The van der Waals surface area contributed by atoms with Gasteiger partial charge in [-0.1, -0.05) is 5.21 Å². The van der Waals surface area contributed by atoms with Crippen molar-refractivity contribution in [3.63, 3.8) is 0 Å². The number of rotatable bonds is 3. The second-order valence-corrected chi connectivity index (χ2v) is 8.29. The third kappa shape index (κ3) is 3.61. The Morgan fingerprint density at radius 2 is 2.25 bits per heavy atom. The van der Waals surface area contributed by atoms with Crippen LogP contribution in [-0.2, 0) is 24.4 Å². The maximum atomic E-state index is 12.7. The lowest BCUT2D eigenvalue weighted by Crippen LogP contribution is -2.55. The van der Waals surface area contributed by atoms with Gasteiger partial charge in [-0.2, -0.15) is 11.3 Å². The van der Waals surface area contributed by atoms with Gasteiger partial charge >= 0.3 is 6.03 Å². The van der Waals surface area contributed by atoms with Gasteiger partial charge in [-0.25, -0.2) is 9.48 Å². The van der Waals surface area contributed by atoms with E-state index in [4.69, 9.17) is 4.74 Å². The monoisotopic (exact) mass is 404 g/mol. The third-order valence-electron chi connectivity index (χ3n) is 5.28. The Balaban J connectivity index is 1.44. The number of piperidine rings is 1. The number of amides is 3. The van der Waals surface area contributed by atoms with Gasteiger partial charge in [-0.05, 0) is 24.3 Å². The lowest BCUT2D eigenvalue weighted by atomic mass is 9.91. The molecule has 0 aliphatic carbocycles. The Bertz CT molecular complexity index is 865. The van der Waals surface area contributed by atoms with Gasteiger partial charge in [0.25, 0.3) is 5.91 Å². The highest BCUT2D eigenvalue weighted by atomic mass is 32.1. The molecule has 0 bridgehead atoms. The fourth-order valence-electron chi connectivity index (χ4n) is 3.74. The SMILES string of the molecule is CN(C)C(=O)NCc1nnn2c1COC1(CCCN(C(=O)c3ccsc3)C1)C2. The molecule has 3 amide bonds. The normalized spacial score (nSPS) is 21.4. The first kappa shape index (κ1) is 18.9. The zero-order valence-electron chi connectivity index (χ0n) is 16.1. The predicted molar refractivity (Wildman–Crippen MR) is 103 cm³/mol. The molecular formula is C18H24N6O3S. The van der Waals surface area contributed by atoms with E-state index in [-0.39, 0.29) is 11.9 Å². The van der Waals surface area contributed by atoms with Gasteiger partial charge in [0.2, 0.25) is 0 Å². The van der Waals surface area contributed by atoms with Crippen molar-refractivity contribution in [1.82, 2.24) is 30.1 Å². The summed E-state index contributed by atoms with van der Waals surface area (Å²) in [7, 11) is 3.38. The maximum absolute atomic E-state index is 12.7. The number of urea groups is 1. The molecule has 1 unspecified atom stereocenters. The summed E-state index contributed by atoms with van der Waals surface area (Å²) < 4.78 is 8.13. The second kappa shape index (κ2) is 7.51. The number of ether oxygens (including phenoxy) is 1. The lowest BCUT2D eigenvalue weighted by Gasteiger charge is -2.44. The Hall–Kier alpha value is -2.46. The number of likely N-dealkylation sites (tertiary alicyclic amines) is 1. The van der Waals surface area contributed by atoms with Gasteiger partial charge in [-0.3, -0.25) is 4.79 Å². The summed E-state index contributed by atoms with van der Waals surface area (Å²) in [6, 6.07) is 1.68. The van der Waals surface area contributed by atoms with Crippen LogP contribution in [0.3, 0.4) is 0 Å². The van der Waals surface area contributed by atoms with Crippen molar-refractivity contribution in [3.05, 3.63) is 33.8 Å². The minimum absolute atomic E-state index is 0.0559. The summed E-state index contributed by atoms with van der Waals surface area (Å²) in [5.41, 5.74) is 1.89. The molecule has 150 valence electrons. The summed E-state index contributed by atoms with van der Waals surface area (Å²) in [6.07, 6.45) is 1.78. The zero-order valence-corrected chi connectivity index (χ0v) is 16.9. The molecule has 10 heteroatoms. The number of fused-ring (bicyclic) bond motifs is 1. The Labute approximate surface area is 167 Å². The van der Waals surface area contributed by atoms with Crippen LogP contribution in [0.4, 0.5) is 4.79 Å². The summed E-state index contributed by atoms with van der Waals surface area (Å²) in [6.45, 7) is 2.54. The molecule has 9 nitrogen and oxygen atoms in total. The Kier molecular flexibility index (Phi) is 5.07. The number of hydrogen-bond acceptors (Lipinski definition) is 6. The van der Waals surface area contributed by atoms with Crippen LogP contribution in [0.2, 0.25) is 0 Å². The molecule has 1 saturated heterocycles. The van der Waals surface area contributed by atoms with Crippen LogP contribution >= 0.6 is 11.3 Å². The molecule has 4 rings (SSSR count). The molecule has 2 aliphatic heterocycles. The topological polar surface area (TPSA) is 92.6 Å². The van der Waals surface area contributed by atoms with Crippen molar-refractivity contribution in [1.29, 1.82) is 0 Å². The molecular weight excluding hydrogens is 380 g/mol. The number of aromatic nitrogens is 3. The van der Waals surface area contributed by atoms with Crippen molar-refractivity contribution >= 4 is 23.3 Å². The van der Waals surface area contributed by atoms with E-state index in [0.29, 0.717) is 31.9 Å². The van der Waals surface area contributed by atoms with E-state index in [1.807, 2.05) is 26.4 Å². The second-order valence-electron chi connectivity index (χ2n) is 7.51. The first-order valence-corrected chi connectivity index (χ1v) is 10.2. The molecule has 1 atom stereocenters. The van der Waals surface area contributed by atoms with Crippen LogP contribution in [0, 0.1) is 0 Å². The number of nitrogens with zero attached hydrogens (tertiary/aromatic N) is 5. The maximum Gasteiger partial charge on any atom is 0.317 e. The first-order chi connectivity index (χ1) is 13.5. The molecule has 0 radical (unpaired) electrons. The molecule has 28 heavy (non-hydrogen) atoms. The van der Waals surface area contributed by atoms with E-state index in [1.165, 1.54) is 16.2 Å². The third-order valence-corrected chi connectivity index (χ3v) is 5.96. The van der Waals surface area contributed by atoms with Gasteiger partial charge in [0, 0.05) is 26.0 Å². The van der Waals surface area contributed by atoms with Crippen molar-refractivity contribution in [3.8, 4) is 0 Å². The molecule has 2 aromatic heterocycles. The van der Waals surface area contributed by atoms with Gasteiger partial charge < -0.3 is 19.9 Å². The highest BCUT2D eigenvalue weighted by Crippen LogP contribution is 2.33. The number of carbonyl (C=O) groups excluding carboxylic acids is 2. The van der Waals surface area contributed by atoms with Gasteiger partial charge in [0.1, 0.15) is 11.3 Å². The summed E-state index contributed by atoms with van der Waals surface area (Å²) in [4.78, 5) is 27.8. The van der Waals surface area contributed by atoms with Crippen molar-refractivity contribution in [2.45, 2.75) is 38.1 Å². The van der Waals surface area contributed by atoms with Gasteiger partial charge in [-0.15, -0.1) is 5.10 Å². The minimum atomic E-state index is -0.436. The summed E-state index contributed by atoms with van der Waals surface area (Å²) in [5.74, 6) is 0.0559. The fraction of sp³-hybridized carbons (Fsp3) is 0.556. The van der Waals surface area contributed by atoms with E-state index < -0.39 is 5.60 Å². The molecule has 1 N–H and O–H groups in total. The highest BCUT2D eigenvalue weighted by molar-refractivity contribution is 7.08. The predicted octanol–water partition coefficient (Wildman–Crippen LogP) is 1.32. The lowest BCUT2D eigenvalue weighted by molar-refractivity contribution is -0.122. The van der Waals surface area contributed by atoms with E-state index in [2.05, 4.69) is 15.6 Å². The Morgan fingerprint density at radius 1 is 1.39 bits per heavy atom. The summed E-state index contributed by atoms with van der Waals surface area (Å²) >= 11 is 1.53. The van der Waals surface area contributed by atoms with Crippen molar-refractivity contribution < 1.29 is 14.3 Å². The average molecular weight is 404 g/mol. The van der Waals surface area contributed by atoms with Crippen molar-refractivity contribution in [2.24, 2.45) is 0 Å². The first-order valence-electron chi connectivity index (χ1n) is 9.29. The van der Waals surface area contributed by atoms with Crippen molar-refractivity contribution in [2.75, 3.05) is 27.2 Å². The summed E-state index contributed by atoms with van der Waals surface area (Å²) in [5, 5.41) is 15.1. The van der Waals surface area contributed by atoms with E-state index in [1.54, 1.807) is 14.1 Å².